The first-order chi connectivity index (χ1) is 13.0. The van der Waals surface area contributed by atoms with Gasteiger partial charge in [0.1, 0.15) is 0 Å². The van der Waals surface area contributed by atoms with Crippen molar-refractivity contribution in [2.75, 3.05) is 31.5 Å². The van der Waals surface area contributed by atoms with Gasteiger partial charge in [0.15, 0.2) is 0 Å². The molecule has 1 N–H and O–H groups in total. The molecule has 2 aromatic rings. The molecule has 0 aliphatic carbocycles. The number of amides is 2. The Morgan fingerprint density at radius 2 is 1.74 bits per heavy atom. The summed E-state index contributed by atoms with van der Waals surface area (Å²) in [4.78, 5) is 31.1. The van der Waals surface area contributed by atoms with Gasteiger partial charge >= 0.3 is 0 Å². The van der Waals surface area contributed by atoms with Crippen molar-refractivity contribution in [3.05, 3.63) is 51.7 Å². The average molecular weight is 386 g/mol. The molecule has 1 aromatic heterocycles. The van der Waals surface area contributed by atoms with Gasteiger partial charge in [-0.15, -0.1) is 11.3 Å². The largest absolute Gasteiger partial charge is 0.335 e. The lowest BCUT2D eigenvalue weighted by molar-refractivity contribution is -0.121. The summed E-state index contributed by atoms with van der Waals surface area (Å²) in [5.41, 5.74) is 2.08. The molecular formula is C21H27N3O2S. The van der Waals surface area contributed by atoms with Crippen molar-refractivity contribution in [2.24, 2.45) is 0 Å². The molecule has 1 fully saturated rings. The summed E-state index contributed by atoms with van der Waals surface area (Å²) in [7, 11) is 0. The number of nitrogens with one attached hydrogen (secondary N) is 1. The van der Waals surface area contributed by atoms with E-state index in [2.05, 4.69) is 17.1 Å². The number of rotatable bonds is 5. The maximum Gasteiger partial charge on any atom is 0.264 e. The van der Waals surface area contributed by atoms with Gasteiger partial charge in [0.25, 0.3) is 5.91 Å². The molecule has 1 atom stereocenters. The number of nitrogens with zero attached hydrogens (tertiary/aromatic N) is 2. The van der Waals surface area contributed by atoms with Gasteiger partial charge in [-0.1, -0.05) is 19.1 Å². The molecular weight excluding hydrogens is 358 g/mol. The predicted octanol–water partition coefficient (Wildman–Crippen LogP) is 3.40. The second kappa shape index (κ2) is 8.67. The molecule has 0 bridgehead atoms. The van der Waals surface area contributed by atoms with Crippen LogP contribution in [-0.2, 0) is 11.2 Å². The van der Waals surface area contributed by atoms with E-state index in [-0.39, 0.29) is 17.9 Å². The van der Waals surface area contributed by atoms with E-state index in [0.717, 1.165) is 21.9 Å². The number of hydrogen-bond donors (Lipinski definition) is 1. The Bertz CT molecular complexity index is 792. The van der Waals surface area contributed by atoms with Crippen LogP contribution < -0.4 is 5.32 Å². The Morgan fingerprint density at radius 1 is 1.07 bits per heavy atom. The summed E-state index contributed by atoms with van der Waals surface area (Å²) in [5, 5.41) is 2.99. The van der Waals surface area contributed by atoms with Crippen LogP contribution in [0, 0.1) is 6.92 Å². The van der Waals surface area contributed by atoms with Crippen LogP contribution in [0.3, 0.4) is 0 Å². The molecule has 1 aliphatic rings. The van der Waals surface area contributed by atoms with Gasteiger partial charge in [0.2, 0.25) is 5.91 Å². The van der Waals surface area contributed by atoms with Crippen molar-refractivity contribution in [3.63, 3.8) is 0 Å². The van der Waals surface area contributed by atoms with Gasteiger partial charge in [-0.05, 0) is 50.1 Å². The number of piperazine rings is 1. The van der Waals surface area contributed by atoms with E-state index in [1.54, 1.807) is 0 Å². The monoisotopic (exact) mass is 385 g/mol. The fraction of sp³-hybridized carbons (Fsp3) is 0.429. The van der Waals surface area contributed by atoms with Gasteiger partial charge in [-0.2, -0.15) is 0 Å². The van der Waals surface area contributed by atoms with Crippen LogP contribution in [0.15, 0.2) is 36.4 Å². The Kier molecular flexibility index (Phi) is 6.29. The number of carbonyl (C=O) groups excluding carboxylic acids is 2. The van der Waals surface area contributed by atoms with Crippen molar-refractivity contribution in [2.45, 2.75) is 33.2 Å². The number of carbonyl (C=O) groups is 2. The van der Waals surface area contributed by atoms with Gasteiger partial charge in [0.05, 0.1) is 10.9 Å². The molecule has 1 aliphatic heterocycles. The molecule has 5 nitrogen and oxygen atoms in total. The first kappa shape index (κ1) is 19.6. The fourth-order valence-corrected chi connectivity index (χ4v) is 4.09. The maximum absolute atomic E-state index is 12.6. The minimum absolute atomic E-state index is 0.00657. The van der Waals surface area contributed by atoms with Crippen LogP contribution in [0.1, 0.15) is 34.0 Å². The zero-order valence-electron chi connectivity index (χ0n) is 16.2. The van der Waals surface area contributed by atoms with Crippen LogP contribution in [0.2, 0.25) is 0 Å². The molecule has 1 saturated heterocycles. The first-order valence-corrected chi connectivity index (χ1v) is 10.3. The summed E-state index contributed by atoms with van der Waals surface area (Å²) in [5.74, 6) is 0.0915. The van der Waals surface area contributed by atoms with Crippen LogP contribution in [-0.4, -0.2) is 53.8 Å². The summed E-state index contributed by atoms with van der Waals surface area (Å²) in [6, 6.07) is 11.6. The highest BCUT2D eigenvalue weighted by atomic mass is 32.1. The third-order valence-corrected chi connectivity index (χ3v) is 6.10. The van der Waals surface area contributed by atoms with Crippen LogP contribution in [0.5, 0.6) is 0 Å². The minimum Gasteiger partial charge on any atom is -0.335 e. The lowest BCUT2D eigenvalue weighted by Gasteiger charge is -2.37. The normalized spacial score (nSPS) is 16.2. The Hall–Kier alpha value is -2.18. The molecule has 1 unspecified atom stereocenters. The molecule has 2 heterocycles. The lowest BCUT2D eigenvalue weighted by Crippen LogP contribution is -2.53. The third kappa shape index (κ3) is 4.76. The van der Waals surface area contributed by atoms with E-state index in [9.17, 15) is 9.59 Å². The smallest absolute Gasteiger partial charge is 0.264 e. The maximum atomic E-state index is 12.6. The van der Waals surface area contributed by atoms with Gasteiger partial charge < -0.3 is 10.2 Å². The molecule has 1 aromatic carbocycles. The van der Waals surface area contributed by atoms with E-state index >= 15 is 0 Å². The molecule has 3 rings (SSSR count). The second-order valence-corrected chi connectivity index (χ2v) is 8.24. The summed E-state index contributed by atoms with van der Waals surface area (Å²) in [6.07, 6.45) is 0.985. The molecule has 2 amide bonds. The summed E-state index contributed by atoms with van der Waals surface area (Å²) < 4.78 is 0. The van der Waals surface area contributed by atoms with Gasteiger partial charge in [-0.3, -0.25) is 14.5 Å². The fourth-order valence-electron chi connectivity index (χ4n) is 3.25. The average Bonchev–Trinajstić information content (AvgIpc) is 3.14. The van der Waals surface area contributed by atoms with Crippen molar-refractivity contribution in [1.82, 2.24) is 9.80 Å². The molecule has 0 radical (unpaired) electrons. The Morgan fingerprint density at radius 3 is 2.30 bits per heavy atom. The zero-order valence-corrected chi connectivity index (χ0v) is 17.0. The minimum atomic E-state index is -0.225. The number of thiophene rings is 1. The van der Waals surface area contributed by atoms with Crippen LogP contribution >= 0.6 is 11.3 Å². The Balaban J connectivity index is 1.52. The highest BCUT2D eigenvalue weighted by molar-refractivity contribution is 7.13. The predicted molar refractivity (Wildman–Crippen MR) is 110 cm³/mol. The van der Waals surface area contributed by atoms with Crippen LogP contribution in [0.25, 0.3) is 0 Å². The van der Waals surface area contributed by atoms with E-state index in [0.29, 0.717) is 26.2 Å². The third-order valence-electron chi connectivity index (χ3n) is 5.11. The molecule has 6 heteroatoms. The zero-order chi connectivity index (χ0) is 19.4. The van der Waals surface area contributed by atoms with E-state index in [1.807, 2.05) is 55.1 Å². The van der Waals surface area contributed by atoms with Crippen molar-refractivity contribution < 1.29 is 9.59 Å². The van der Waals surface area contributed by atoms with E-state index in [1.165, 1.54) is 16.9 Å². The molecule has 0 spiro atoms. The SMILES string of the molecule is CCc1ccc(NC(=O)C(C)N2CCN(C(=O)c3ccc(C)s3)CC2)cc1. The highest BCUT2D eigenvalue weighted by Crippen LogP contribution is 2.19. The van der Waals surface area contributed by atoms with Crippen molar-refractivity contribution >= 4 is 28.8 Å². The first-order valence-electron chi connectivity index (χ1n) is 9.47. The Labute approximate surface area is 165 Å². The number of anilines is 1. The lowest BCUT2D eigenvalue weighted by atomic mass is 10.1. The van der Waals surface area contributed by atoms with E-state index < -0.39 is 0 Å². The summed E-state index contributed by atoms with van der Waals surface area (Å²) in [6.45, 7) is 8.76. The quantitative estimate of drug-likeness (QED) is 0.858. The number of benzene rings is 1. The van der Waals surface area contributed by atoms with Crippen molar-refractivity contribution in [1.29, 1.82) is 0 Å². The topological polar surface area (TPSA) is 52.7 Å². The molecule has 0 saturated carbocycles. The summed E-state index contributed by atoms with van der Waals surface area (Å²) >= 11 is 1.54. The van der Waals surface area contributed by atoms with Gasteiger partial charge in [-0.25, -0.2) is 0 Å². The highest BCUT2D eigenvalue weighted by Gasteiger charge is 2.28. The number of hydrogen-bond acceptors (Lipinski definition) is 4. The van der Waals surface area contributed by atoms with Gasteiger partial charge in [0, 0.05) is 36.7 Å². The molecule has 144 valence electrons. The van der Waals surface area contributed by atoms with Crippen molar-refractivity contribution in [3.8, 4) is 0 Å². The second-order valence-electron chi connectivity index (χ2n) is 6.95. The number of aryl methyl sites for hydroxylation is 2. The van der Waals surface area contributed by atoms with E-state index in [4.69, 9.17) is 0 Å². The molecule has 27 heavy (non-hydrogen) atoms. The standard InChI is InChI=1S/C21H27N3O2S/c1-4-17-6-8-18(9-7-17)22-20(25)16(3)23-11-13-24(14-12-23)21(26)19-10-5-15(2)27-19/h5-10,16H,4,11-14H2,1-3H3,(H,22,25). The van der Waals surface area contributed by atoms with Crippen LogP contribution in [0.4, 0.5) is 5.69 Å².